The van der Waals surface area contributed by atoms with Crippen LogP contribution in [0.15, 0.2) is 54.7 Å². The molecular formula is C21H24N2O2. The maximum atomic E-state index is 12.4. The maximum Gasteiger partial charge on any atom is 0.220 e. The molecule has 0 spiro atoms. The normalized spacial score (nSPS) is 27.4. The van der Waals surface area contributed by atoms with Crippen molar-refractivity contribution in [1.82, 2.24) is 10.3 Å². The predicted molar refractivity (Wildman–Crippen MR) is 96.0 cm³/mol. The Kier molecular flexibility index (Phi) is 4.79. The largest absolute Gasteiger partial charge is 0.377 e. The van der Waals surface area contributed by atoms with Gasteiger partial charge >= 0.3 is 0 Å². The quantitative estimate of drug-likeness (QED) is 0.882. The molecule has 2 heterocycles. The number of hydrogen-bond donors (Lipinski definition) is 1. The zero-order valence-corrected chi connectivity index (χ0v) is 14.3. The second kappa shape index (κ2) is 7.36. The minimum Gasteiger partial charge on any atom is -0.377 e. The molecule has 1 aliphatic heterocycles. The van der Waals surface area contributed by atoms with Gasteiger partial charge in [-0.2, -0.15) is 0 Å². The summed E-state index contributed by atoms with van der Waals surface area (Å²) in [7, 11) is 0. The van der Waals surface area contributed by atoms with Crippen molar-refractivity contribution in [2.24, 2.45) is 11.8 Å². The van der Waals surface area contributed by atoms with Crippen LogP contribution in [0.2, 0.25) is 0 Å². The van der Waals surface area contributed by atoms with Crippen LogP contribution in [0, 0.1) is 11.8 Å². The number of aromatic nitrogens is 1. The Balaban J connectivity index is 1.35. The Morgan fingerprint density at radius 1 is 1.16 bits per heavy atom. The third-order valence-electron chi connectivity index (χ3n) is 5.50. The number of aryl methyl sites for hydroxylation is 1. The standard InChI is InChI=1S/C21H24N2O2/c24-19(10-9-16-8-4-5-12-22-16)23-20-17-11-13-25-21(17)18(20)14-15-6-2-1-3-7-15/h1-8,12,17-18,20-21H,9-11,13-14H2,(H,23,24)/t17-,18+,20-,21-/m0/s1. The lowest BCUT2D eigenvalue weighted by Gasteiger charge is -2.48. The summed E-state index contributed by atoms with van der Waals surface area (Å²) in [4.78, 5) is 16.7. The minimum atomic E-state index is 0.124. The first-order valence-electron chi connectivity index (χ1n) is 9.16. The summed E-state index contributed by atoms with van der Waals surface area (Å²) in [5.41, 5.74) is 2.28. The van der Waals surface area contributed by atoms with E-state index in [1.807, 2.05) is 24.3 Å². The van der Waals surface area contributed by atoms with Crippen molar-refractivity contribution in [2.45, 2.75) is 37.8 Å². The molecule has 4 heteroatoms. The van der Waals surface area contributed by atoms with Crippen molar-refractivity contribution in [3.05, 3.63) is 66.0 Å². The SMILES string of the molecule is O=C(CCc1ccccn1)N[C@@H]1[C@@H](Cc2ccccc2)[C@H]2OCC[C@@H]12. The van der Waals surface area contributed by atoms with Gasteiger partial charge in [-0.3, -0.25) is 9.78 Å². The van der Waals surface area contributed by atoms with Crippen LogP contribution in [0.4, 0.5) is 0 Å². The van der Waals surface area contributed by atoms with Crippen molar-refractivity contribution in [1.29, 1.82) is 0 Å². The topological polar surface area (TPSA) is 51.2 Å². The molecule has 4 atom stereocenters. The van der Waals surface area contributed by atoms with E-state index in [1.165, 1.54) is 5.56 Å². The molecule has 1 aromatic carbocycles. The Bertz CT molecular complexity index is 704. The Morgan fingerprint density at radius 2 is 2.00 bits per heavy atom. The van der Waals surface area contributed by atoms with E-state index in [2.05, 4.69) is 34.6 Å². The Morgan fingerprint density at radius 3 is 2.80 bits per heavy atom. The van der Waals surface area contributed by atoms with E-state index in [0.717, 1.165) is 25.1 Å². The van der Waals surface area contributed by atoms with Gasteiger partial charge in [-0.05, 0) is 37.0 Å². The van der Waals surface area contributed by atoms with Crippen LogP contribution in [0.3, 0.4) is 0 Å². The van der Waals surface area contributed by atoms with Crippen LogP contribution < -0.4 is 5.32 Å². The van der Waals surface area contributed by atoms with E-state index in [1.54, 1.807) is 6.20 Å². The van der Waals surface area contributed by atoms with E-state index in [-0.39, 0.29) is 11.9 Å². The molecule has 0 bridgehead atoms. The predicted octanol–water partition coefficient (Wildman–Crippen LogP) is 2.78. The summed E-state index contributed by atoms with van der Waals surface area (Å²) in [6.07, 6.45) is 5.28. The fraction of sp³-hybridized carbons (Fsp3) is 0.429. The molecule has 1 aromatic heterocycles. The van der Waals surface area contributed by atoms with Crippen LogP contribution in [0.1, 0.15) is 24.1 Å². The van der Waals surface area contributed by atoms with Crippen LogP contribution >= 0.6 is 0 Å². The fourth-order valence-electron chi connectivity index (χ4n) is 4.22. The van der Waals surface area contributed by atoms with Gasteiger partial charge in [0.05, 0.1) is 6.10 Å². The average Bonchev–Trinajstić information content (AvgIpc) is 3.09. The van der Waals surface area contributed by atoms with E-state index in [4.69, 9.17) is 4.74 Å². The van der Waals surface area contributed by atoms with Crippen molar-refractivity contribution in [2.75, 3.05) is 6.61 Å². The number of nitrogens with one attached hydrogen (secondary N) is 1. The number of ether oxygens (including phenoxy) is 1. The van der Waals surface area contributed by atoms with Crippen LogP contribution in [0.25, 0.3) is 0 Å². The third-order valence-corrected chi connectivity index (χ3v) is 5.50. The molecule has 1 N–H and O–H groups in total. The van der Waals surface area contributed by atoms with Crippen LogP contribution in [-0.2, 0) is 22.4 Å². The second-order valence-electron chi connectivity index (χ2n) is 7.06. The molecule has 1 amide bonds. The number of pyridine rings is 1. The van der Waals surface area contributed by atoms with Crippen molar-refractivity contribution in [3.8, 4) is 0 Å². The summed E-state index contributed by atoms with van der Waals surface area (Å²) in [6, 6.07) is 16.6. The van der Waals surface area contributed by atoms with Crippen molar-refractivity contribution in [3.63, 3.8) is 0 Å². The molecule has 1 saturated heterocycles. The van der Waals surface area contributed by atoms with E-state index in [0.29, 0.717) is 30.8 Å². The molecule has 1 saturated carbocycles. The van der Waals surface area contributed by atoms with Gasteiger partial charge in [0.25, 0.3) is 0 Å². The highest BCUT2D eigenvalue weighted by Crippen LogP contribution is 2.45. The smallest absolute Gasteiger partial charge is 0.220 e. The third kappa shape index (κ3) is 3.59. The summed E-state index contributed by atoms with van der Waals surface area (Å²) in [5.74, 6) is 0.986. The lowest BCUT2D eigenvalue weighted by Crippen LogP contribution is -2.62. The van der Waals surface area contributed by atoms with Crippen LogP contribution in [-0.4, -0.2) is 29.6 Å². The first-order valence-corrected chi connectivity index (χ1v) is 9.16. The average molecular weight is 336 g/mol. The number of carbonyl (C=O) groups excluding carboxylic acids is 1. The molecule has 4 nitrogen and oxygen atoms in total. The van der Waals surface area contributed by atoms with Crippen LogP contribution in [0.5, 0.6) is 0 Å². The monoisotopic (exact) mass is 336 g/mol. The molecule has 130 valence electrons. The molecule has 2 aliphatic rings. The zero-order chi connectivity index (χ0) is 17.1. The van der Waals surface area contributed by atoms with Gasteiger partial charge in [0.2, 0.25) is 5.91 Å². The van der Waals surface area contributed by atoms with Gasteiger partial charge in [0.15, 0.2) is 0 Å². The molecule has 2 aromatic rings. The summed E-state index contributed by atoms with van der Waals surface area (Å²) in [6.45, 7) is 0.820. The highest BCUT2D eigenvalue weighted by Gasteiger charge is 2.53. The minimum absolute atomic E-state index is 0.124. The second-order valence-corrected chi connectivity index (χ2v) is 7.06. The van der Waals surface area contributed by atoms with Crippen molar-refractivity contribution < 1.29 is 9.53 Å². The van der Waals surface area contributed by atoms with Gasteiger partial charge in [-0.1, -0.05) is 36.4 Å². The molecule has 0 radical (unpaired) electrons. The van der Waals surface area contributed by atoms with Gasteiger partial charge in [0.1, 0.15) is 0 Å². The molecule has 25 heavy (non-hydrogen) atoms. The number of fused-ring (bicyclic) bond motifs is 1. The number of hydrogen-bond acceptors (Lipinski definition) is 3. The fourth-order valence-corrected chi connectivity index (χ4v) is 4.22. The molecule has 4 rings (SSSR count). The number of amides is 1. The number of carbonyl (C=O) groups is 1. The van der Waals surface area contributed by atoms with Gasteiger partial charge in [-0.25, -0.2) is 0 Å². The van der Waals surface area contributed by atoms with Gasteiger partial charge in [-0.15, -0.1) is 0 Å². The molecular weight excluding hydrogens is 312 g/mol. The Labute approximate surface area is 148 Å². The summed E-state index contributed by atoms with van der Waals surface area (Å²) in [5, 5.41) is 3.28. The molecule has 2 fully saturated rings. The zero-order valence-electron chi connectivity index (χ0n) is 14.3. The van der Waals surface area contributed by atoms with Crippen molar-refractivity contribution >= 4 is 5.91 Å². The lowest BCUT2D eigenvalue weighted by molar-refractivity contribution is -0.127. The maximum absolute atomic E-state index is 12.4. The van der Waals surface area contributed by atoms with Gasteiger partial charge < -0.3 is 10.1 Å². The highest BCUT2D eigenvalue weighted by atomic mass is 16.5. The van der Waals surface area contributed by atoms with E-state index >= 15 is 0 Å². The first-order chi connectivity index (χ1) is 12.3. The molecule has 0 unspecified atom stereocenters. The highest BCUT2D eigenvalue weighted by molar-refractivity contribution is 5.76. The molecule has 1 aliphatic carbocycles. The summed E-state index contributed by atoms with van der Waals surface area (Å²) >= 11 is 0. The van der Waals surface area contributed by atoms with E-state index in [9.17, 15) is 4.79 Å². The summed E-state index contributed by atoms with van der Waals surface area (Å²) < 4.78 is 5.92. The first kappa shape index (κ1) is 16.3. The van der Waals surface area contributed by atoms with Gasteiger partial charge in [0, 0.05) is 42.8 Å². The van der Waals surface area contributed by atoms with E-state index < -0.39 is 0 Å². The number of rotatable bonds is 6. The number of benzene rings is 1. The number of nitrogens with zero attached hydrogens (tertiary/aromatic N) is 1. The lowest BCUT2D eigenvalue weighted by atomic mass is 9.64. The Hall–Kier alpha value is -2.20.